The highest BCUT2D eigenvalue weighted by Crippen LogP contribution is 2.46. The minimum absolute atomic E-state index is 0.0343. The van der Waals surface area contributed by atoms with E-state index in [-0.39, 0.29) is 11.6 Å². The van der Waals surface area contributed by atoms with Crippen LogP contribution < -0.4 is 4.74 Å². The van der Waals surface area contributed by atoms with Gasteiger partial charge in [0.05, 0.1) is 24.9 Å². The largest absolute Gasteiger partial charge is 0.496 e. The Morgan fingerprint density at radius 3 is 2.71 bits per heavy atom. The SMILES string of the molecule is COc1cc(C)c2[nH]ccc2c1CN1CCC2(CCO2)CC1c1ccc(C(=O)O)cc1. The summed E-state index contributed by atoms with van der Waals surface area (Å²) in [5, 5.41) is 10.5. The standard InChI is InChI=1S/C25H28N2O4/c1-16-13-22(30-2)20(19-7-10-26-23(16)19)15-27-11-8-25(9-12-31-25)14-21(27)17-3-5-18(6-4-17)24(28)29/h3-7,10,13,21,26H,8-9,11-12,14-15H2,1-2H3,(H,28,29). The summed E-state index contributed by atoms with van der Waals surface area (Å²) in [5.74, 6) is 0.00912. The van der Waals surface area contributed by atoms with Crippen molar-refractivity contribution in [2.45, 2.75) is 44.4 Å². The Morgan fingerprint density at radius 2 is 2.06 bits per heavy atom. The van der Waals surface area contributed by atoms with Crippen molar-refractivity contribution in [3.63, 3.8) is 0 Å². The van der Waals surface area contributed by atoms with Crippen LogP contribution in [0.1, 0.15) is 52.4 Å². The maximum Gasteiger partial charge on any atom is 0.335 e. The first-order valence-electron chi connectivity index (χ1n) is 10.8. The predicted molar refractivity (Wildman–Crippen MR) is 119 cm³/mol. The quantitative estimate of drug-likeness (QED) is 0.627. The van der Waals surface area contributed by atoms with Gasteiger partial charge in [0.2, 0.25) is 0 Å². The van der Waals surface area contributed by atoms with Gasteiger partial charge in [-0.05, 0) is 61.6 Å². The number of aryl methyl sites for hydroxylation is 1. The van der Waals surface area contributed by atoms with E-state index >= 15 is 0 Å². The number of nitrogens with zero attached hydrogens (tertiary/aromatic N) is 1. The number of benzene rings is 2. The van der Waals surface area contributed by atoms with Gasteiger partial charge in [-0.25, -0.2) is 4.79 Å². The third-order valence-electron chi connectivity index (χ3n) is 7.06. The lowest BCUT2D eigenvalue weighted by atomic mass is 9.78. The van der Waals surface area contributed by atoms with Gasteiger partial charge in [-0.1, -0.05) is 12.1 Å². The second-order valence-electron chi connectivity index (χ2n) is 8.79. The Hall–Kier alpha value is -2.83. The first-order valence-corrected chi connectivity index (χ1v) is 10.8. The van der Waals surface area contributed by atoms with E-state index in [4.69, 9.17) is 9.47 Å². The zero-order chi connectivity index (χ0) is 21.6. The predicted octanol–water partition coefficient (Wildman–Crippen LogP) is 4.68. The van der Waals surface area contributed by atoms with Crippen LogP contribution in [-0.2, 0) is 11.3 Å². The summed E-state index contributed by atoms with van der Waals surface area (Å²) in [5.41, 5.74) is 4.91. The highest BCUT2D eigenvalue weighted by Gasteiger charge is 2.45. The molecular weight excluding hydrogens is 392 g/mol. The molecule has 2 saturated heterocycles. The smallest absolute Gasteiger partial charge is 0.335 e. The first-order chi connectivity index (χ1) is 15.0. The first kappa shape index (κ1) is 20.1. The van der Waals surface area contributed by atoms with Crippen molar-refractivity contribution in [2.75, 3.05) is 20.3 Å². The molecule has 0 saturated carbocycles. The number of methoxy groups -OCH3 is 1. The Balaban J connectivity index is 1.51. The molecule has 2 aliphatic rings. The summed E-state index contributed by atoms with van der Waals surface area (Å²) in [6.45, 7) is 4.62. The number of likely N-dealkylation sites (tertiary alicyclic amines) is 1. The van der Waals surface area contributed by atoms with Crippen molar-refractivity contribution in [3.05, 3.63) is 64.8 Å². The number of carbonyl (C=O) groups is 1. The van der Waals surface area contributed by atoms with E-state index in [2.05, 4.69) is 28.9 Å². The second-order valence-corrected chi connectivity index (χ2v) is 8.79. The molecule has 6 nitrogen and oxygen atoms in total. The van der Waals surface area contributed by atoms with Gasteiger partial charge in [0, 0.05) is 41.8 Å². The average molecular weight is 421 g/mol. The normalized spacial score (nSPS) is 23.7. The topological polar surface area (TPSA) is 74.8 Å². The van der Waals surface area contributed by atoms with Gasteiger partial charge in [0.25, 0.3) is 0 Å². The molecule has 2 fully saturated rings. The van der Waals surface area contributed by atoms with Crippen LogP contribution in [0.5, 0.6) is 5.75 Å². The Bertz CT molecular complexity index is 1110. The molecule has 2 aromatic carbocycles. The number of ether oxygens (including phenoxy) is 2. The van der Waals surface area contributed by atoms with Crippen molar-refractivity contribution in [1.82, 2.24) is 9.88 Å². The van der Waals surface area contributed by atoms with Crippen LogP contribution in [-0.4, -0.2) is 46.8 Å². The summed E-state index contributed by atoms with van der Waals surface area (Å²) in [7, 11) is 1.73. The molecule has 0 bridgehead atoms. The van der Waals surface area contributed by atoms with E-state index in [1.54, 1.807) is 19.2 Å². The number of rotatable bonds is 5. The maximum absolute atomic E-state index is 11.3. The second kappa shape index (κ2) is 7.70. The number of piperidine rings is 1. The highest BCUT2D eigenvalue weighted by molar-refractivity contribution is 5.88. The highest BCUT2D eigenvalue weighted by atomic mass is 16.5. The number of hydrogen-bond acceptors (Lipinski definition) is 4. The number of fused-ring (bicyclic) bond motifs is 1. The van der Waals surface area contributed by atoms with E-state index in [1.165, 1.54) is 16.5 Å². The van der Waals surface area contributed by atoms with Gasteiger partial charge >= 0.3 is 5.97 Å². The molecule has 3 aromatic rings. The summed E-state index contributed by atoms with van der Waals surface area (Å²) in [4.78, 5) is 17.1. The number of aromatic amines is 1. The lowest BCUT2D eigenvalue weighted by Crippen LogP contribution is -2.53. The zero-order valence-corrected chi connectivity index (χ0v) is 18.0. The molecule has 6 heteroatoms. The van der Waals surface area contributed by atoms with Crippen molar-refractivity contribution < 1.29 is 19.4 Å². The van der Waals surface area contributed by atoms with Crippen LogP contribution in [0.25, 0.3) is 10.9 Å². The molecule has 0 aliphatic carbocycles. The summed E-state index contributed by atoms with van der Waals surface area (Å²) >= 11 is 0. The van der Waals surface area contributed by atoms with Crippen molar-refractivity contribution in [1.29, 1.82) is 0 Å². The molecular formula is C25H28N2O4. The van der Waals surface area contributed by atoms with Crippen LogP contribution in [0.2, 0.25) is 0 Å². The molecule has 5 rings (SSSR count). The Labute approximate surface area is 181 Å². The van der Waals surface area contributed by atoms with Gasteiger partial charge in [0.15, 0.2) is 0 Å². The lowest BCUT2D eigenvalue weighted by Gasteiger charge is -2.51. The number of hydrogen-bond donors (Lipinski definition) is 2. The minimum atomic E-state index is -0.898. The van der Waals surface area contributed by atoms with Crippen molar-refractivity contribution in [3.8, 4) is 5.75 Å². The molecule has 1 aromatic heterocycles. The fourth-order valence-corrected chi connectivity index (χ4v) is 5.19. The number of carboxylic acids is 1. The molecule has 0 radical (unpaired) electrons. The summed E-state index contributed by atoms with van der Waals surface area (Å²) in [6, 6.07) is 11.7. The van der Waals surface area contributed by atoms with Crippen LogP contribution in [0, 0.1) is 6.92 Å². The van der Waals surface area contributed by atoms with E-state index in [0.717, 1.165) is 55.8 Å². The van der Waals surface area contributed by atoms with Gasteiger partial charge in [-0.2, -0.15) is 0 Å². The summed E-state index contributed by atoms with van der Waals surface area (Å²) < 4.78 is 11.8. The van der Waals surface area contributed by atoms with E-state index in [1.807, 2.05) is 18.3 Å². The third-order valence-corrected chi connectivity index (χ3v) is 7.06. The molecule has 0 amide bonds. The van der Waals surface area contributed by atoms with Gasteiger partial charge in [0.1, 0.15) is 5.75 Å². The number of carboxylic acid groups (broad SMARTS) is 1. The number of aromatic nitrogens is 1. The van der Waals surface area contributed by atoms with Gasteiger partial charge < -0.3 is 19.6 Å². The summed E-state index contributed by atoms with van der Waals surface area (Å²) in [6.07, 6.45) is 5.02. The van der Waals surface area contributed by atoms with Crippen LogP contribution in [0.3, 0.4) is 0 Å². The van der Waals surface area contributed by atoms with E-state index in [0.29, 0.717) is 5.56 Å². The molecule has 2 N–H and O–H groups in total. The molecule has 2 atom stereocenters. The molecule has 1 spiro atoms. The van der Waals surface area contributed by atoms with Crippen molar-refractivity contribution in [2.24, 2.45) is 0 Å². The fourth-order valence-electron chi connectivity index (χ4n) is 5.19. The third kappa shape index (κ3) is 3.50. The average Bonchev–Trinajstić information content (AvgIpc) is 3.25. The molecule has 3 heterocycles. The molecule has 2 aliphatic heterocycles. The molecule has 31 heavy (non-hydrogen) atoms. The van der Waals surface area contributed by atoms with E-state index < -0.39 is 5.97 Å². The Morgan fingerprint density at radius 1 is 1.29 bits per heavy atom. The number of aromatic carboxylic acids is 1. The van der Waals surface area contributed by atoms with Crippen LogP contribution in [0.4, 0.5) is 0 Å². The number of H-pyrrole nitrogens is 1. The molecule has 2 unspecified atom stereocenters. The van der Waals surface area contributed by atoms with Gasteiger partial charge in [-0.3, -0.25) is 4.90 Å². The van der Waals surface area contributed by atoms with Crippen molar-refractivity contribution >= 4 is 16.9 Å². The lowest BCUT2D eigenvalue weighted by molar-refractivity contribution is -0.185. The van der Waals surface area contributed by atoms with Gasteiger partial charge in [-0.15, -0.1) is 0 Å². The fraction of sp³-hybridized carbons (Fsp3) is 0.400. The van der Waals surface area contributed by atoms with E-state index in [9.17, 15) is 9.90 Å². The monoisotopic (exact) mass is 420 g/mol. The Kier molecular flexibility index (Phi) is 4.99. The van der Waals surface area contributed by atoms with Crippen LogP contribution in [0.15, 0.2) is 42.6 Å². The van der Waals surface area contributed by atoms with Crippen LogP contribution >= 0.6 is 0 Å². The minimum Gasteiger partial charge on any atom is -0.496 e. The molecule has 162 valence electrons. The maximum atomic E-state index is 11.3. The number of nitrogens with one attached hydrogen (secondary N) is 1. The zero-order valence-electron chi connectivity index (χ0n) is 18.0.